The van der Waals surface area contributed by atoms with E-state index in [1.807, 2.05) is 0 Å². The third kappa shape index (κ3) is 4.58. The second-order valence-electron chi connectivity index (χ2n) is 6.42. The van der Waals surface area contributed by atoms with Crippen LogP contribution in [0.4, 0.5) is 0 Å². The number of rotatable bonds is 5. The topological polar surface area (TPSA) is 26.3 Å². The summed E-state index contributed by atoms with van der Waals surface area (Å²) in [4.78, 5) is 11.2. The zero-order chi connectivity index (χ0) is 15.4. The van der Waals surface area contributed by atoms with Crippen molar-refractivity contribution in [1.29, 1.82) is 0 Å². The molecule has 0 saturated heterocycles. The molecule has 1 aromatic carbocycles. The fourth-order valence-electron chi connectivity index (χ4n) is 2.45. The molecule has 0 amide bonds. The van der Waals surface area contributed by atoms with E-state index < -0.39 is 25.0 Å². The molecular formula is C17H26HgO2. The van der Waals surface area contributed by atoms with Crippen LogP contribution in [0.2, 0.25) is 0 Å². The first-order valence-corrected chi connectivity index (χ1v) is 12.5. The van der Waals surface area contributed by atoms with E-state index in [0.717, 1.165) is 0 Å². The van der Waals surface area contributed by atoms with Crippen LogP contribution in [0.5, 0.6) is 0 Å². The van der Waals surface area contributed by atoms with Crippen LogP contribution in [0.25, 0.3) is 0 Å². The predicted octanol–water partition coefficient (Wildman–Crippen LogP) is 4.24. The summed E-state index contributed by atoms with van der Waals surface area (Å²) in [6, 6.07) is 4.67. The monoisotopic (exact) mass is 464 g/mol. The van der Waals surface area contributed by atoms with Gasteiger partial charge in [-0.05, 0) is 0 Å². The molecule has 0 N–H and O–H groups in total. The molecule has 0 saturated carbocycles. The molecule has 0 radical (unpaired) electrons. The van der Waals surface area contributed by atoms with Gasteiger partial charge in [-0.1, -0.05) is 0 Å². The maximum atomic E-state index is 11.2. The molecule has 0 aliphatic carbocycles. The molecule has 0 aliphatic rings. The van der Waals surface area contributed by atoms with Gasteiger partial charge >= 0.3 is 137 Å². The molecule has 0 fully saturated rings. The summed E-state index contributed by atoms with van der Waals surface area (Å²) in [7, 11) is 0. The van der Waals surface area contributed by atoms with Gasteiger partial charge in [0.25, 0.3) is 0 Å². The third-order valence-corrected chi connectivity index (χ3v) is 10.1. The van der Waals surface area contributed by atoms with Crippen molar-refractivity contribution in [3.05, 3.63) is 28.8 Å². The number of hydrogen-bond donors (Lipinski definition) is 0. The molecule has 108 valence electrons. The summed E-state index contributed by atoms with van der Waals surface area (Å²) in [5, 5.41) is 0. The zero-order valence-electron chi connectivity index (χ0n) is 13.9. The normalized spacial score (nSPS) is 11.1. The molecule has 1 rings (SSSR count). The summed E-state index contributed by atoms with van der Waals surface area (Å²) in [6.45, 7) is 14.9. The van der Waals surface area contributed by atoms with Gasteiger partial charge in [0, 0.05) is 0 Å². The van der Waals surface area contributed by atoms with Crippen molar-refractivity contribution in [2.45, 2.75) is 66.2 Å². The first-order valence-electron chi connectivity index (χ1n) is 7.54. The van der Waals surface area contributed by atoms with Crippen LogP contribution >= 0.6 is 0 Å². The molecule has 2 nitrogen and oxygen atoms in total. The molecular weight excluding hydrogens is 437 g/mol. The Morgan fingerprint density at radius 2 is 1.40 bits per heavy atom. The molecule has 0 aliphatic heterocycles. The van der Waals surface area contributed by atoms with Gasteiger partial charge in [-0.3, -0.25) is 0 Å². The van der Waals surface area contributed by atoms with Crippen LogP contribution in [0.15, 0.2) is 12.1 Å². The van der Waals surface area contributed by atoms with E-state index in [9.17, 15) is 4.79 Å². The van der Waals surface area contributed by atoms with Gasteiger partial charge in [-0.2, -0.15) is 0 Å². The molecule has 0 bridgehead atoms. The number of carbonyl (C=O) groups excluding carboxylic acids is 1. The average molecular weight is 463 g/mol. The Labute approximate surface area is 136 Å². The average Bonchev–Trinajstić information content (AvgIpc) is 2.34. The molecule has 1 aromatic rings. The molecule has 20 heavy (non-hydrogen) atoms. The Bertz CT molecular complexity index is 447. The van der Waals surface area contributed by atoms with Gasteiger partial charge in [-0.25, -0.2) is 0 Å². The summed E-state index contributed by atoms with van der Waals surface area (Å²) < 4.78 is 6.90. The van der Waals surface area contributed by atoms with E-state index in [1.165, 1.54) is 26.7 Å². The van der Waals surface area contributed by atoms with Gasteiger partial charge < -0.3 is 0 Å². The maximum absolute atomic E-state index is 11.2. The Hall–Kier alpha value is -0.375. The van der Waals surface area contributed by atoms with Crippen molar-refractivity contribution in [3.8, 4) is 0 Å². The van der Waals surface area contributed by atoms with E-state index in [2.05, 4.69) is 53.7 Å². The van der Waals surface area contributed by atoms with E-state index in [4.69, 9.17) is 2.64 Å². The SMILES string of the molecule is CC(=O)[O][Hg][c]1c(C(C)C)cc(C(C)C)cc1C(C)C. The molecule has 0 aromatic heterocycles. The number of carbonyl (C=O) groups is 1. The minimum absolute atomic E-state index is 0.121. The Kier molecular flexibility index (Phi) is 6.70. The predicted molar refractivity (Wildman–Crippen MR) is 80.1 cm³/mol. The van der Waals surface area contributed by atoms with Crippen molar-refractivity contribution < 1.29 is 32.5 Å². The summed E-state index contributed by atoms with van der Waals surface area (Å²) in [5.74, 6) is 1.38. The molecule has 0 atom stereocenters. The summed E-state index contributed by atoms with van der Waals surface area (Å²) in [6.07, 6.45) is 0. The fourth-order valence-corrected chi connectivity index (χ4v) is 9.06. The van der Waals surface area contributed by atoms with Crippen LogP contribution in [0.1, 0.15) is 82.9 Å². The van der Waals surface area contributed by atoms with Gasteiger partial charge in [-0.15, -0.1) is 0 Å². The van der Waals surface area contributed by atoms with Crippen molar-refractivity contribution in [1.82, 2.24) is 0 Å². The van der Waals surface area contributed by atoms with Gasteiger partial charge in [0.15, 0.2) is 0 Å². The van der Waals surface area contributed by atoms with E-state index in [-0.39, 0.29) is 5.97 Å². The fraction of sp³-hybridized carbons (Fsp3) is 0.588. The Balaban J connectivity index is 3.38. The van der Waals surface area contributed by atoms with Crippen LogP contribution in [0.3, 0.4) is 0 Å². The van der Waals surface area contributed by atoms with E-state index in [0.29, 0.717) is 17.8 Å². The number of hydrogen-bond acceptors (Lipinski definition) is 2. The van der Waals surface area contributed by atoms with Crippen LogP contribution in [-0.2, 0) is 32.5 Å². The number of benzene rings is 1. The Morgan fingerprint density at radius 3 is 1.70 bits per heavy atom. The zero-order valence-corrected chi connectivity index (χ0v) is 19.4. The standard InChI is InChI=1S/C15H23.C2H4O2.Hg/c1-10(2)13-7-14(11(3)4)9-15(8-13)12(5)6;1-2(3)4;/h7-8,10-12H,1-6H3;1H3,(H,3,4);/q;;+1/p-1. The van der Waals surface area contributed by atoms with Crippen LogP contribution < -0.4 is 3.07 Å². The van der Waals surface area contributed by atoms with Gasteiger partial charge in [0.2, 0.25) is 0 Å². The van der Waals surface area contributed by atoms with Crippen molar-refractivity contribution >= 4 is 9.04 Å². The molecule has 0 heterocycles. The van der Waals surface area contributed by atoms with Gasteiger partial charge in [0.05, 0.1) is 0 Å². The molecule has 3 heteroatoms. The summed E-state index contributed by atoms with van der Waals surface area (Å²) in [5.41, 5.74) is 4.21. The quantitative estimate of drug-likeness (QED) is 0.612. The third-order valence-electron chi connectivity index (χ3n) is 3.67. The Morgan fingerprint density at radius 1 is 0.950 bits per heavy atom. The van der Waals surface area contributed by atoms with E-state index >= 15 is 0 Å². The van der Waals surface area contributed by atoms with Gasteiger partial charge in [0.1, 0.15) is 0 Å². The first-order chi connectivity index (χ1) is 9.23. The minimum atomic E-state index is -1.82. The van der Waals surface area contributed by atoms with Crippen LogP contribution in [0, 0.1) is 0 Å². The summed E-state index contributed by atoms with van der Waals surface area (Å²) >= 11 is -1.82. The van der Waals surface area contributed by atoms with Crippen molar-refractivity contribution in [3.63, 3.8) is 0 Å². The van der Waals surface area contributed by atoms with Crippen molar-refractivity contribution in [2.75, 3.05) is 0 Å². The second-order valence-corrected chi connectivity index (χ2v) is 11.4. The van der Waals surface area contributed by atoms with Crippen LogP contribution in [-0.4, -0.2) is 5.97 Å². The molecule has 0 spiro atoms. The first kappa shape index (κ1) is 17.7. The van der Waals surface area contributed by atoms with Crippen molar-refractivity contribution in [2.24, 2.45) is 0 Å². The molecule has 0 unspecified atom stereocenters. The van der Waals surface area contributed by atoms with E-state index in [1.54, 1.807) is 0 Å². The second kappa shape index (κ2) is 7.58.